The molecule has 1 heterocycles. The second-order valence-electron chi connectivity index (χ2n) is 4.46. The fraction of sp³-hybridized carbons (Fsp3) is 0.538. The SMILES string of the molecule is Cl.c1cc(NC2CCCC2)c2c(c1)OCCO2. The summed E-state index contributed by atoms with van der Waals surface area (Å²) >= 11 is 0. The van der Waals surface area contributed by atoms with E-state index in [1.807, 2.05) is 12.1 Å². The van der Waals surface area contributed by atoms with Gasteiger partial charge in [-0.2, -0.15) is 0 Å². The first-order chi connectivity index (χ1) is 7.93. The van der Waals surface area contributed by atoms with Gasteiger partial charge in [0, 0.05) is 6.04 Å². The second-order valence-corrected chi connectivity index (χ2v) is 4.46. The predicted molar refractivity (Wildman–Crippen MR) is 70.6 cm³/mol. The van der Waals surface area contributed by atoms with Crippen molar-refractivity contribution in [3.05, 3.63) is 18.2 Å². The molecule has 1 aromatic rings. The van der Waals surface area contributed by atoms with E-state index < -0.39 is 0 Å². The van der Waals surface area contributed by atoms with E-state index in [0.29, 0.717) is 19.3 Å². The van der Waals surface area contributed by atoms with Gasteiger partial charge in [-0.1, -0.05) is 18.9 Å². The zero-order chi connectivity index (χ0) is 10.8. The van der Waals surface area contributed by atoms with E-state index in [4.69, 9.17) is 9.47 Å². The maximum atomic E-state index is 5.68. The molecule has 4 heteroatoms. The predicted octanol–water partition coefficient (Wildman–Crippen LogP) is 3.23. The lowest BCUT2D eigenvalue weighted by Gasteiger charge is -2.23. The normalized spacial score (nSPS) is 18.6. The molecule has 0 bridgehead atoms. The molecule has 0 unspecified atom stereocenters. The monoisotopic (exact) mass is 255 g/mol. The highest BCUT2D eigenvalue weighted by Gasteiger charge is 2.19. The molecular formula is C13H18ClNO2. The number of anilines is 1. The molecule has 2 aliphatic rings. The Morgan fingerprint density at radius 3 is 2.65 bits per heavy atom. The van der Waals surface area contributed by atoms with Gasteiger partial charge in [0.2, 0.25) is 0 Å². The third kappa shape index (κ3) is 2.60. The Bertz CT molecular complexity index is 378. The lowest BCUT2D eigenvalue weighted by Crippen LogP contribution is -2.19. The van der Waals surface area contributed by atoms with E-state index >= 15 is 0 Å². The average molecular weight is 256 g/mol. The topological polar surface area (TPSA) is 30.5 Å². The highest BCUT2D eigenvalue weighted by molar-refractivity contribution is 5.85. The van der Waals surface area contributed by atoms with E-state index in [2.05, 4.69) is 11.4 Å². The van der Waals surface area contributed by atoms with Crippen molar-refractivity contribution >= 4 is 18.1 Å². The van der Waals surface area contributed by atoms with E-state index in [-0.39, 0.29) is 12.4 Å². The first kappa shape index (κ1) is 12.4. The standard InChI is InChI=1S/C13H17NO2.ClH/c1-2-5-10(4-1)14-11-6-3-7-12-13(11)16-9-8-15-12;/h3,6-7,10,14H,1-2,4-5,8-9H2;1H. The quantitative estimate of drug-likeness (QED) is 0.880. The average Bonchev–Trinajstić information content (AvgIpc) is 2.82. The lowest BCUT2D eigenvalue weighted by molar-refractivity contribution is 0.172. The van der Waals surface area contributed by atoms with Gasteiger partial charge in [-0.05, 0) is 25.0 Å². The fourth-order valence-electron chi connectivity index (χ4n) is 2.48. The van der Waals surface area contributed by atoms with Crippen molar-refractivity contribution in [2.45, 2.75) is 31.7 Å². The summed E-state index contributed by atoms with van der Waals surface area (Å²) < 4.78 is 11.2. The van der Waals surface area contributed by atoms with Gasteiger partial charge in [0.25, 0.3) is 0 Å². The molecule has 1 aromatic carbocycles. The van der Waals surface area contributed by atoms with Gasteiger partial charge >= 0.3 is 0 Å². The zero-order valence-electron chi connectivity index (χ0n) is 9.78. The first-order valence-electron chi connectivity index (χ1n) is 6.08. The molecule has 1 N–H and O–H groups in total. The molecule has 17 heavy (non-hydrogen) atoms. The van der Waals surface area contributed by atoms with Gasteiger partial charge in [0.15, 0.2) is 11.5 Å². The van der Waals surface area contributed by atoms with Gasteiger partial charge in [-0.25, -0.2) is 0 Å². The van der Waals surface area contributed by atoms with Crippen LogP contribution in [0.25, 0.3) is 0 Å². The molecule has 1 saturated carbocycles. The van der Waals surface area contributed by atoms with Crippen LogP contribution in [-0.4, -0.2) is 19.3 Å². The van der Waals surface area contributed by atoms with E-state index in [9.17, 15) is 0 Å². The van der Waals surface area contributed by atoms with Crippen molar-refractivity contribution in [1.82, 2.24) is 0 Å². The number of hydrogen-bond donors (Lipinski definition) is 1. The van der Waals surface area contributed by atoms with E-state index in [0.717, 1.165) is 17.2 Å². The Morgan fingerprint density at radius 2 is 1.82 bits per heavy atom. The molecule has 1 aliphatic heterocycles. The molecule has 94 valence electrons. The van der Waals surface area contributed by atoms with Crippen LogP contribution in [-0.2, 0) is 0 Å². The van der Waals surface area contributed by atoms with Crippen LogP contribution < -0.4 is 14.8 Å². The van der Waals surface area contributed by atoms with Crippen LogP contribution in [0.2, 0.25) is 0 Å². The number of halogens is 1. The summed E-state index contributed by atoms with van der Waals surface area (Å²) in [5, 5.41) is 3.56. The van der Waals surface area contributed by atoms with Crippen LogP contribution in [0.15, 0.2) is 18.2 Å². The van der Waals surface area contributed by atoms with Crippen molar-refractivity contribution in [2.24, 2.45) is 0 Å². The lowest BCUT2D eigenvalue weighted by atomic mass is 10.2. The van der Waals surface area contributed by atoms with Crippen LogP contribution in [0.3, 0.4) is 0 Å². The molecule has 3 nitrogen and oxygen atoms in total. The molecule has 1 aliphatic carbocycles. The number of benzene rings is 1. The number of hydrogen-bond acceptors (Lipinski definition) is 3. The molecular weight excluding hydrogens is 238 g/mol. The van der Waals surface area contributed by atoms with Crippen LogP contribution in [0.5, 0.6) is 11.5 Å². The molecule has 0 aromatic heterocycles. The Balaban J connectivity index is 0.00000108. The summed E-state index contributed by atoms with van der Waals surface area (Å²) in [4.78, 5) is 0. The zero-order valence-corrected chi connectivity index (χ0v) is 10.6. The number of para-hydroxylation sites is 1. The minimum absolute atomic E-state index is 0. The minimum Gasteiger partial charge on any atom is -0.486 e. The summed E-state index contributed by atoms with van der Waals surface area (Å²) in [7, 11) is 0. The molecule has 0 radical (unpaired) electrons. The van der Waals surface area contributed by atoms with Crippen LogP contribution in [0.4, 0.5) is 5.69 Å². The Kier molecular flexibility index (Phi) is 4.00. The van der Waals surface area contributed by atoms with Crippen molar-refractivity contribution in [3.8, 4) is 11.5 Å². The number of rotatable bonds is 2. The summed E-state index contributed by atoms with van der Waals surface area (Å²) in [6.45, 7) is 1.30. The highest BCUT2D eigenvalue weighted by Crippen LogP contribution is 2.38. The van der Waals surface area contributed by atoms with Crippen molar-refractivity contribution in [1.29, 1.82) is 0 Å². The van der Waals surface area contributed by atoms with Crippen LogP contribution >= 0.6 is 12.4 Å². The molecule has 0 spiro atoms. The van der Waals surface area contributed by atoms with Crippen molar-refractivity contribution in [3.63, 3.8) is 0 Å². The maximum absolute atomic E-state index is 5.68. The summed E-state index contributed by atoms with van der Waals surface area (Å²) in [5.41, 5.74) is 1.09. The Labute approximate surface area is 108 Å². The third-order valence-corrected chi connectivity index (χ3v) is 3.28. The van der Waals surface area contributed by atoms with Gasteiger partial charge in [-0.15, -0.1) is 12.4 Å². The molecule has 0 atom stereocenters. The molecule has 0 amide bonds. The van der Waals surface area contributed by atoms with Gasteiger partial charge in [-0.3, -0.25) is 0 Å². The number of ether oxygens (including phenoxy) is 2. The molecule has 1 fully saturated rings. The third-order valence-electron chi connectivity index (χ3n) is 3.28. The smallest absolute Gasteiger partial charge is 0.184 e. The highest BCUT2D eigenvalue weighted by atomic mass is 35.5. The summed E-state index contributed by atoms with van der Waals surface area (Å²) in [6.07, 6.45) is 5.21. The van der Waals surface area contributed by atoms with E-state index in [1.54, 1.807) is 0 Å². The fourth-order valence-corrected chi connectivity index (χ4v) is 2.48. The Hall–Kier alpha value is -1.09. The van der Waals surface area contributed by atoms with Crippen molar-refractivity contribution in [2.75, 3.05) is 18.5 Å². The van der Waals surface area contributed by atoms with Gasteiger partial charge in [0.1, 0.15) is 13.2 Å². The number of nitrogens with one attached hydrogen (secondary N) is 1. The first-order valence-corrected chi connectivity index (χ1v) is 6.08. The molecule has 0 saturated heterocycles. The van der Waals surface area contributed by atoms with E-state index in [1.165, 1.54) is 25.7 Å². The second kappa shape index (κ2) is 5.50. The van der Waals surface area contributed by atoms with Crippen molar-refractivity contribution < 1.29 is 9.47 Å². The Morgan fingerprint density at radius 1 is 1.06 bits per heavy atom. The van der Waals surface area contributed by atoms with Crippen LogP contribution in [0, 0.1) is 0 Å². The van der Waals surface area contributed by atoms with Crippen LogP contribution in [0.1, 0.15) is 25.7 Å². The molecule has 3 rings (SSSR count). The number of fused-ring (bicyclic) bond motifs is 1. The summed E-state index contributed by atoms with van der Waals surface area (Å²) in [6, 6.07) is 6.67. The minimum atomic E-state index is 0. The van der Waals surface area contributed by atoms with Gasteiger partial charge in [0.05, 0.1) is 5.69 Å². The largest absolute Gasteiger partial charge is 0.486 e. The summed E-state index contributed by atoms with van der Waals surface area (Å²) in [5.74, 6) is 1.76. The maximum Gasteiger partial charge on any atom is 0.184 e. The van der Waals surface area contributed by atoms with Gasteiger partial charge < -0.3 is 14.8 Å².